The number of carbonyl (C=O) groups is 3. The summed E-state index contributed by atoms with van der Waals surface area (Å²) in [5.74, 6) is -0.827. The van der Waals surface area contributed by atoms with Crippen LogP contribution in [-0.4, -0.2) is 35.6 Å². The number of nitrogens with two attached hydrogens (primary N) is 1. The third kappa shape index (κ3) is 8.60. The standard InChI is InChI=1S/C14H27N3O3S/c1-8(2)5-10(13(15)19)17-14(20)11(6-9(3)4)16-12(18)7-21/h8-11,21H,5-7H2,1-4H3,(H2,15,19)(H,16,18)(H,17,20)/t10-,11-/m0/s1. The second-order valence-corrected chi connectivity index (χ2v) is 6.32. The second-order valence-electron chi connectivity index (χ2n) is 6.00. The highest BCUT2D eigenvalue weighted by molar-refractivity contribution is 7.81. The largest absolute Gasteiger partial charge is 0.368 e. The predicted molar refractivity (Wildman–Crippen MR) is 85.8 cm³/mol. The van der Waals surface area contributed by atoms with Crippen LogP contribution in [0.2, 0.25) is 0 Å². The third-order valence-corrected chi connectivity index (χ3v) is 3.16. The molecule has 0 aromatic carbocycles. The Morgan fingerprint density at radius 1 is 0.952 bits per heavy atom. The monoisotopic (exact) mass is 317 g/mol. The second kappa shape index (κ2) is 9.65. The van der Waals surface area contributed by atoms with Crippen LogP contribution >= 0.6 is 12.6 Å². The molecule has 0 saturated carbocycles. The molecule has 0 aromatic rings. The van der Waals surface area contributed by atoms with Crippen molar-refractivity contribution in [3.63, 3.8) is 0 Å². The number of thiol groups is 1. The van der Waals surface area contributed by atoms with Crippen LogP contribution in [0, 0.1) is 11.8 Å². The normalized spacial score (nSPS) is 13.9. The molecule has 0 saturated heterocycles. The van der Waals surface area contributed by atoms with E-state index >= 15 is 0 Å². The number of carbonyl (C=O) groups excluding carboxylic acids is 3. The van der Waals surface area contributed by atoms with E-state index in [4.69, 9.17) is 5.73 Å². The van der Waals surface area contributed by atoms with Gasteiger partial charge in [-0.15, -0.1) is 0 Å². The summed E-state index contributed by atoms with van der Waals surface area (Å²) >= 11 is 3.88. The molecule has 3 amide bonds. The zero-order valence-electron chi connectivity index (χ0n) is 13.2. The Bertz CT molecular complexity index is 372. The maximum atomic E-state index is 12.3. The smallest absolute Gasteiger partial charge is 0.243 e. The van der Waals surface area contributed by atoms with E-state index in [1.165, 1.54) is 0 Å². The zero-order chi connectivity index (χ0) is 16.6. The highest BCUT2D eigenvalue weighted by Crippen LogP contribution is 2.08. The first-order chi connectivity index (χ1) is 9.67. The Hall–Kier alpha value is -1.24. The average molecular weight is 317 g/mol. The maximum Gasteiger partial charge on any atom is 0.243 e. The average Bonchev–Trinajstić information content (AvgIpc) is 2.35. The fourth-order valence-electron chi connectivity index (χ4n) is 1.93. The first-order valence-electron chi connectivity index (χ1n) is 7.17. The van der Waals surface area contributed by atoms with E-state index in [2.05, 4.69) is 23.3 Å². The Morgan fingerprint density at radius 3 is 1.81 bits per heavy atom. The van der Waals surface area contributed by atoms with Crippen molar-refractivity contribution in [3.8, 4) is 0 Å². The van der Waals surface area contributed by atoms with Gasteiger partial charge in [0, 0.05) is 0 Å². The quantitative estimate of drug-likeness (QED) is 0.465. The molecule has 7 heteroatoms. The Morgan fingerprint density at radius 2 is 1.43 bits per heavy atom. The van der Waals surface area contributed by atoms with E-state index < -0.39 is 18.0 Å². The summed E-state index contributed by atoms with van der Waals surface area (Å²) in [6.45, 7) is 7.78. The van der Waals surface area contributed by atoms with Crippen molar-refractivity contribution in [2.75, 3.05) is 5.75 Å². The molecule has 0 unspecified atom stereocenters. The van der Waals surface area contributed by atoms with Crippen molar-refractivity contribution >= 4 is 30.4 Å². The molecule has 0 heterocycles. The molecule has 0 rings (SSSR count). The van der Waals surface area contributed by atoms with Gasteiger partial charge in [-0.1, -0.05) is 27.7 Å². The summed E-state index contributed by atoms with van der Waals surface area (Å²) in [6, 6.07) is -1.40. The van der Waals surface area contributed by atoms with Gasteiger partial charge in [-0.3, -0.25) is 14.4 Å². The Balaban J connectivity index is 4.83. The van der Waals surface area contributed by atoms with Crippen molar-refractivity contribution < 1.29 is 14.4 Å². The van der Waals surface area contributed by atoms with Crippen molar-refractivity contribution in [2.24, 2.45) is 17.6 Å². The summed E-state index contributed by atoms with van der Waals surface area (Å²) in [5.41, 5.74) is 5.31. The molecular formula is C14H27N3O3S. The molecule has 4 N–H and O–H groups in total. The van der Waals surface area contributed by atoms with E-state index in [1.807, 2.05) is 27.7 Å². The summed E-state index contributed by atoms with van der Waals surface area (Å²) in [6.07, 6.45) is 0.953. The topological polar surface area (TPSA) is 101 Å². The van der Waals surface area contributed by atoms with Crippen LogP contribution in [0.5, 0.6) is 0 Å². The lowest BCUT2D eigenvalue weighted by Gasteiger charge is -2.23. The summed E-state index contributed by atoms with van der Waals surface area (Å²) in [5, 5.41) is 5.25. The van der Waals surface area contributed by atoms with Crippen molar-refractivity contribution in [1.29, 1.82) is 0 Å². The van der Waals surface area contributed by atoms with Gasteiger partial charge in [-0.25, -0.2) is 0 Å². The summed E-state index contributed by atoms with van der Waals surface area (Å²) in [7, 11) is 0. The first-order valence-corrected chi connectivity index (χ1v) is 7.80. The number of hydrogen-bond acceptors (Lipinski definition) is 4. The lowest BCUT2D eigenvalue weighted by atomic mass is 10.0. The fourth-order valence-corrected chi connectivity index (χ4v) is 2.02. The van der Waals surface area contributed by atoms with Crippen LogP contribution in [0.25, 0.3) is 0 Å². The lowest BCUT2D eigenvalue weighted by molar-refractivity contribution is -0.131. The Labute approximate surface area is 132 Å². The van der Waals surface area contributed by atoms with Gasteiger partial charge < -0.3 is 16.4 Å². The molecule has 0 fully saturated rings. The van der Waals surface area contributed by atoms with Gasteiger partial charge in [0.1, 0.15) is 12.1 Å². The minimum absolute atomic E-state index is 0.00706. The van der Waals surface area contributed by atoms with Crippen LogP contribution in [0.1, 0.15) is 40.5 Å². The van der Waals surface area contributed by atoms with Crippen LogP contribution in [0.3, 0.4) is 0 Å². The number of hydrogen-bond donors (Lipinski definition) is 4. The molecule has 0 spiro atoms. The van der Waals surface area contributed by atoms with E-state index in [-0.39, 0.29) is 29.4 Å². The van der Waals surface area contributed by atoms with Gasteiger partial charge in [-0.05, 0) is 24.7 Å². The third-order valence-electron chi connectivity index (χ3n) is 2.87. The minimum Gasteiger partial charge on any atom is -0.368 e. The highest BCUT2D eigenvalue weighted by atomic mass is 32.1. The summed E-state index contributed by atoms with van der Waals surface area (Å²) in [4.78, 5) is 35.1. The molecule has 0 aliphatic heterocycles. The van der Waals surface area contributed by atoms with Gasteiger partial charge >= 0.3 is 0 Å². The van der Waals surface area contributed by atoms with Crippen LogP contribution in [0.15, 0.2) is 0 Å². The van der Waals surface area contributed by atoms with E-state index in [9.17, 15) is 14.4 Å². The van der Waals surface area contributed by atoms with Gasteiger partial charge in [0.15, 0.2) is 0 Å². The first kappa shape index (κ1) is 19.8. The van der Waals surface area contributed by atoms with Crippen LogP contribution in [0.4, 0.5) is 0 Å². The van der Waals surface area contributed by atoms with Crippen molar-refractivity contribution in [3.05, 3.63) is 0 Å². The lowest BCUT2D eigenvalue weighted by Crippen LogP contribution is -2.53. The van der Waals surface area contributed by atoms with Gasteiger partial charge in [-0.2, -0.15) is 12.6 Å². The van der Waals surface area contributed by atoms with Crippen molar-refractivity contribution in [1.82, 2.24) is 10.6 Å². The van der Waals surface area contributed by atoms with Crippen LogP contribution < -0.4 is 16.4 Å². The van der Waals surface area contributed by atoms with E-state index in [0.29, 0.717) is 12.8 Å². The fraction of sp³-hybridized carbons (Fsp3) is 0.786. The molecule has 0 bridgehead atoms. The predicted octanol–water partition coefficient (Wildman–Crippen LogP) is 0.463. The SMILES string of the molecule is CC(C)C[C@H](NC(=O)[C@H](CC(C)C)NC(=O)CS)C(N)=O. The summed E-state index contributed by atoms with van der Waals surface area (Å²) < 4.78 is 0. The molecule has 2 atom stereocenters. The molecular weight excluding hydrogens is 290 g/mol. The molecule has 0 aliphatic carbocycles. The van der Waals surface area contributed by atoms with Crippen LogP contribution in [-0.2, 0) is 14.4 Å². The Kier molecular flexibility index (Phi) is 9.08. The number of amides is 3. The maximum absolute atomic E-state index is 12.3. The van der Waals surface area contributed by atoms with Gasteiger partial charge in [0.25, 0.3) is 0 Å². The molecule has 0 aromatic heterocycles. The zero-order valence-corrected chi connectivity index (χ0v) is 14.1. The number of nitrogens with one attached hydrogen (secondary N) is 2. The molecule has 0 aliphatic rings. The van der Waals surface area contributed by atoms with E-state index in [0.717, 1.165) is 0 Å². The van der Waals surface area contributed by atoms with Gasteiger partial charge in [0.2, 0.25) is 17.7 Å². The molecule has 21 heavy (non-hydrogen) atoms. The molecule has 0 radical (unpaired) electrons. The van der Waals surface area contributed by atoms with Gasteiger partial charge in [0.05, 0.1) is 5.75 Å². The molecule has 6 nitrogen and oxygen atoms in total. The van der Waals surface area contributed by atoms with Crippen molar-refractivity contribution in [2.45, 2.75) is 52.6 Å². The minimum atomic E-state index is -0.722. The molecule has 122 valence electrons. The number of rotatable bonds is 9. The number of primary amides is 1. The van der Waals surface area contributed by atoms with E-state index in [1.54, 1.807) is 0 Å². The highest BCUT2D eigenvalue weighted by Gasteiger charge is 2.26.